The van der Waals surface area contributed by atoms with Crippen LogP contribution in [-0.2, 0) is 9.59 Å². The highest BCUT2D eigenvalue weighted by molar-refractivity contribution is 5.83. The molecule has 4 aliphatic carbocycles. The van der Waals surface area contributed by atoms with Gasteiger partial charge in [0.05, 0.1) is 5.60 Å². The highest BCUT2D eigenvalue weighted by Crippen LogP contribution is 2.64. The predicted octanol–water partition coefficient (Wildman–Crippen LogP) is 3.77. The summed E-state index contributed by atoms with van der Waals surface area (Å²) in [7, 11) is 0. The molecule has 1 N–H and O–H groups in total. The first-order chi connectivity index (χ1) is 11.2. The normalized spacial score (nSPS) is 53.9. The Morgan fingerprint density at radius 3 is 2.46 bits per heavy atom. The number of aliphatic hydroxyl groups is 1. The van der Waals surface area contributed by atoms with Crippen LogP contribution in [0.5, 0.6) is 0 Å². The van der Waals surface area contributed by atoms with E-state index in [0.717, 1.165) is 32.1 Å². The molecule has 0 amide bonds. The maximum absolute atomic E-state index is 12.9. The van der Waals surface area contributed by atoms with E-state index in [1.165, 1.54) is 6.42 Å². The van der Waals surface area contributed by atoms with Crippen LogP contribution in [0.15, 0.2) is 0 Å². The largest absolute Gasteiger partial charge is 0.390 e. The Hall–Kier alpha value is -0.700. The molecule has 0 bridgehead atoms. The summed E-state index contributed by atoms with van der Waals surface area (Å²) in [4.78, 5) is 25.0. The first kappa shape index (κ1) is 16.8. The maximum Gasteiger partial charge on any atom is 0.136 e. The van der Waals surface area contributed by atoms with Crippen molar-refractivity contribution in [1.29, 1.82) is 0 Å². The highest BCUT2D eigenvalue weighted by atomic mass is 16.3. The second kappa shape index (κ2) is 5.40. The minimum absolute atomic E-state index is 0.0874. The third-order valence-electron chi connectivity index (χ3n) is 8.58. The Balaban J connectivity index is 1.61. The smallest absolute Gasteiger partial charge is 0.136 e. The minimum atomic E-state index is -0.653. The van der Waals surface area contributed by atoms with Crippen LogP contribution < -0.4 is 0 Å². The molecule has 3 nitrogen and oxygen atoms in total. The van der Waals surface area contributed by atoms with Crippen LogP contribution in [-0.4, -0.2) is 22.3 Å². The van der Waals surface area contributed by atoms with Crippen molar-refractivity contribution in [2.45, 2.75) is 77.7 Å². The zero-order valence-electron chi connectivity index (χ0n) is 15.4. The fraction of sp³-hybridized carbons (Fsp3) is 0.905. The monoisotopic (exact) mass is 332 g/mol. The van der Waals surface area contributed by atoms with Crippen LogP contribution >= 0.6 is 0 Å². The molecule has 0 aromatic rings. The number of Topliss-reactive ketones (excluding diaryl/α,β-unsaturated/α-hetero) is 2. The Bertz CT molecular complexity index is 565. The van der Waals surface area contributed by atoms with Gasteiger partial charge in [0, 0.05) is 18.3 Å². The number of carbonyl (C=O) groups is 2. The SMILES string of the molecule is CC(=O)[C@H]1CC[C@H]2C3CC(=O)[C@H]4C[C@](C)(O)CCC4[C@H]3CC[C@]12C. The third-order valence-corrected chi connectivity index (χ3v) is 8.58. The Morgan fingerprint density at radius 2 is 1.75 bits per heavy atom. The summed E-state index contributed by atoms with van der Waals surface area (Å²) < 4.78 is 0. The van der Waals surface area contributed by atoms with Crippen LogP contribution in [0.1, 0.15) is 72.1 Å². The summed E-state index contributed by atoms with van der Waals surface area (Å²) in [6.07, 6.45) is 7.69. The second-order valence-electron chi connectivity index (χ2n) is 9.90. The first-order valence-electron chi connectivity index (χ1n) is 9.98. The average Bonchev–Trinajstić information content (AvgIpc) is 2.85. The molecule has 0 heterocycles. The van der Waals surface area contributed by atoms with E-state index in [1.807, 2.05) is 6.92 Å². The van der Waals surface area contributed by atoms with Crippen molar-refractivity contribution in [1.82, 2.24) is 0 Å². The van der Waals surface area contributed by atoms with Gasteiger partial charge in [0.2, 0.25) is 0 Å². The van der Waals surface area contributed by atoms with Gasteiger partial charge in [0.25, 0.3) is 0 Å². The summed E-state index contributed by atoms with van der Waals surface area (Å²) in [6, 6.07) is 0. The molecule has 4 fully saturated rings. The number of rotatable bonds is 1. The topological polar surface area (TPSA) is 54.4 Å². The molecule has 0 aromatic heterocycles. The molecule has 134 valence electrons. The zero-order chi connectivity index (χ0) is 17.3. The summed E-state index contributed by atoms with van der Waals surface area (Å²) in [5.74, 6) is 3.23. The van der Waals surface area contributed by atoms with Crippen molar-refractivity contribution < 1.29 is 14.7 Å². The number of carbonyl (C=O) groups excluding carboxylic acids is 2. The van der Waals surface area contributed by atoms with Gasteiger partial charge in [0.1, 0.15) is 11.6 Å². The lowest BCUT2D eigenvalue weighted by Gasteiger charge is -2.56. The molecule has 24 heavy (non-hydrogen) atoms. The van der Waals surface area contributed by atoms with Crippen LogP contribution in [0.2, 0.25) is 0 Å². The first-order valence-corrected chi connectivity index (χ1v) is 9.98. The Kier molecular flexibility index (Phi) is 3.77. The van der Waals surface area contributed by atoms with Crippen molar-refractivity contribution in [2.24, 2.45) is 40.9 Å². The third kappa shape index (κ3) is 2.34. The van der Waals surface area contributed by atoms with Gasteiger partial charge in [-0.3, -0.25) is 9.59 Å². The number of hydrogen-bond donors (Lipinski definition) is 1. The van der Waals surface area contributed by atoms with Crippen LogP contribution in [0.3, 0.4) is 0 Å². The van der Waals surface area contributed by atoms with Gasteiger partial charge in [-0.05, 0) is 87.9 Å². The van der Waals surface area contributed by atoms with Crippen LogP contribution in [0, 0.1) is 40.9 Å². The van der Waals surface area contributed by atoms with E-state index in [-0.39, 0.29) is 17.3 Å². The number of fused-ring (bicyclic) bond motifs is 5. The molecule has 4 rings (SSSR count). The lowest BCUT2D eigenvalue weighted by Crippen LogP contribution is -2.53. The molecule has 8 atom stereocenters. The lowest BCUT2D eigenvalue weighted by atomic mass is 9.48. The average molecular weight is 332 g/mol. The molecular weight excluding hydrogens is 300 g/mol. The summed E-state index contributed by atoms with van der Waals surface area (Å²) in [5.41, 5.74) is -0.528. The highest BCUT2D eigenvalue weighted by Gasteiger charge is 2.59. The van der Waals surface area contributed by atoms with Crippen LogP contribution in [0.25, 0.3) is 0 Å². The quantitative estimate of drug-likeness (QED) is 0.795. The van der Waals surface area contributed by atoms with Gasteiger partial charge in [-0.15, -0.1) is 0 Å². The molecule has 0 spiro atoms. The van der Waals surface area contributed by atoms with Gasteiger partial charge in [-0.1, -0.05) is 6.92 Å². The molecule has 3 heteroatoms. The van der Waals surface area contributed by atoms with Gasteiger partial charge in [0.15, 0.2) is 0 Å². The maximum atomic E-state index is 12.9. The van der Waals surface area contributed by atoms with Crippen LogP contribution in [0.4, 0.5) is 0 Å². The molecule has 0 aromatic carbocycles. The molecule has 0 radical (unpaired) electrons. The fourth-order valence-corrected chi connectivity index (χ4v) is 7.46. The predicted molar refractivity (Wildman–Crippen MR) is 92.3 cm³/mol. The van der Waals surface area contributed by atoms with Crippen molar-refractivity contribution in [3.63, 3.8) is 0 Å². The number of ketones is 2. The molecule has 2 unspecified atom stereocenters. The fourth-order valence-electron chi connectivity index (χ4n) is 7.46. The van der Waals surface area contributed by atoms with Gasteiger partial charge in [-0.2, -0.15) is 0 Å². The van der Waals surface area contributed by atoms with Crippen molar-refractivity contribution in [2.75, 3.05) is 0 Å². The molecule has 4 aliphatic rings. The molecule has 0 aliphatic heterocycles. The van der Waals surface area contributed by atoms with Crippen molar-refractivity contribution in [3.8, 4) is 0 Å². The standard InChI is InChI=1S/C21H32O3/c1-12(22)17-4-5-18-15-10-19(23)16-11-20(2,24)8-6-14(16)13(15)7-9-21(17,18)3/h13-18,24H,4-11H2,1-3H3/t13-,14?,15?,16+,17-,18+,20-,21-/m1/s1. The van der Waals surface area contributed by atoms with E-state index in [1.54, 1.807) is 6.92 Å². The van der Waals surface area contributed by atoms with Crippen molar-refractivity contribution >= 4 is 11.6 Å². The minimum Gasteiger partial charge on any atom is -0.390 e. The van der Waals surface area contributed by atoms with Gasteiger partial charge < -0.3 is 5.11 Å². The van der Waals surface area contributed by atoms with E-state index in [2.05, 4.69) is 6.92 Å². The second-order valence-corrected chi connectivity index (χ2v) is 9.90. The molecular formula is C21H32O3. The molecule has 4 saturated carbocycles. The van der Waals surface area contributed by atoms with E-state index in [9.17, 15) is 14.7 Å². The Morgan fingerprint density at radius 1 is 1.04 bits per heavy atom. The zero-order valence-corrected chi connectivity index (χ0v) is 15.4. The van der Waals surface area contributed by atoms with E-state index < -0.39 is 5.60 Å². The summed E-state index contributed by atoms with van der Waals surface area (Å²) in [6.45, 7) is 5.99. The lowest BCUT2D eigenvalue weighted by molar-refractivity contribution is -0.149. The van der Waals surface area contributed by atoms with E-state index in [4.69, 9.17) is 0 Å². The van der Waals surface area contributed by atoms with Crippen molar-refractivity contribution in [3.05, 3.63) is 0 Å². The summed E-state index contributed by atoms with van der Waals surface area (Å²) >= 11 is 0. The summed E-state index contributed by atoms with van der Waals surface area (Å²) in [5, 5.41) is 10.4. The van der Waals surface area contributed by atoms with Gasteiger partial charge >= 0.3 is 0 Å². The molecule has 0 saturated heterocycles. The van der Waals surface area contributed by atoms with E-state index >= 15 is 0 Å². The number of hydrogen-bond acceptors (Lipinski definition) is 3. The van der Waals surface area contributed by atoms with Gasteiger partial charge in [-0.25, -0.2) is 0 Å². The van der Waals surface area contributed by atoms with E-state index in [0.29, 0.717) is 48.1 Å². The Labute approximate surface area is 145 Å².